The summed E-state index contributed by atoms with van der Waals surface area (Å²) in [7, 11) is 1.81. The maximum atomic E-state index is 10.9. The van der Waals surface area contributed by atoms with Crippen LogP contribution in [-0.4, -0.2) is 32.1 Å². The highest BCUT2D eigenvalue weighted by atomic mass is 16.5. The van der Waals surface area contributed by atoms with Gasteiger partial charge in [-0.15, -0.1) is 0 Å². The van der Waals surface area contributed by atoms with Gasteiger partial charge in [0, 0.05) is 30.9 Å². The Kier molecular flexibility index (Phi) is 6.06. The first-order valence-corrected chi connectivity index (χ1v) is 10.2. The van der Waals surface area contributed by atoms with Crippen LogP contribution in [0.5, 0.6) is 0 Å². The van der Waals surface area contributed by atoms with Crippen LogP contribution < -0.4 is 4.90 Å². The number of rotatable bonds is 6. The van der Waals surface area contributed by atoms with Gasteiger partial charge in [-0.25, -0.2) is 0 Å². The van der Waals surface area contributed by atoms with Gasteiger partial charge in [0.05, 0.1) is 6.10 Å². The van der Waals surface area contributed by atoms with E-state index in [1.165, 1.54) is 16.7 Å². The Labute approximate surface area is 172 Å². The minimum absolute atomic E-state index is 0.280. The molecule has 3 aromatic carbocycles. The number of anilines is 1. The van der Waals surface area contributed by atoms with Crippen LogP contribution in [0.2, 0.25) is 0 Å². The number of ether oxygens (including phenoxy) is 1. The molecule has 0 aromatic heterocycles. The molecule has 2 unspecified atom stereocenters. The first kappa shape index (κ1) is 19.4. The molecule has 1 fully saturated rings. The van der Waals surface area contributed by atoms with Gasteiger partial charge >= 0.3 is 0 Å². The fourth-order valence-electron chi connectivity index (χ4n) is 4.33. The van der Waals surface area contributed by atoms with Gasteiger partial charge in [0.15, 0.2) is 0 Å². The summed E-state index contributed by atoms with van der Waals surface area (Å²) in [6.07, 6.45) is 5.19. The van der Waals surface area contributed by atoms with Crippen molar-refractivity contribution >= 4 is 12.0 Å². The molecule has 0 bridgehead atoms. The van der Waals surface area contributed by atoms with E-state index >= 15 is 0 Å². The van der Waals surface area contributed by atoms with E-state index in [-0.39, 0.29) is 6.10 Å². The molecule has 0 N–H and O–H groups in total. The van der Waals surface area contributed by atoms with E-state index in [1.54, 1.807) is 0 Å². The molecule has 0 saturated carbocycles. The third-order valence-electron chi connectivity index (χ3n) is 5.88. The van der Waals surface area contributed by atoms with Crippen LogP contribution in [-0.2, 0) is 16.0 Å². The molecule has 4 rings (SSSR count). The van der Waals surface area contributed by atoms with E-state index in [0.29, 0.717) is 11.6 Å². The zero-order chi connectivity index (χ0) is 20.1. The average molecular weight is 384 g/mol. The Morgan fingerprint density at radius 2 is 1.69 bits per heavy atom. The summed E-state index contributed by atoms with van der Waals surface area (Å²) in [6, 6.07) is 27.3. The Morgan fingerprint density at radius 1 is 0.966 bits per heavy atom. The number of carbonyl (C=O) groups excluding carboxylic acids is 1. The molecule has 1 radical (unpaired) electrons. The lowest BCUT2D eigenvalue weighted by Gasteiger charge is -2.41. The summed E-state index contributed by atoms with van der Waals surface area (Å²) in [6.45, 7) is 0.945. The van der Waals surface area contributed by atoms with Crippen LogP contribution in [0.4, 0.5) is 5.69 Å². The standard InChI is InChI=1S/C26H26NO2/c1-29-25-15-16-27(23-13-11-20(19-28)12-14-23)24(18-25)17-22-9-5-6-10-26(22)21-7-3-2-4-8-21/h2-14,24-25H,15-18H2,1H3. The highest BCUT2D eigenvalue weighted by Crippen LogP contribution is 2.31. The molecule has 1 aliphatic rings. The normalized spacial score (nSPS) is 19.1. The summed E-state index contributed by atoms with van der Waals surface area (Å²) in [4.78, 5) is 13.4. The monoisotopic (exact) mass is 384 g/mol. The van der Waals surface area contributed by atoms with Crippen molar-refractivity contribution in [2.24, 2.45) is 0 Å². The predicted molar refractivity (Wildman–Crippen MR) is 118 cm³/mol. The lowest BCUT2D eigenvalue weighted by molar-refractivity contribution is 0.0700. The molecule has 0 spiro atoms. The van der Waals surface area contributed by atoms with Gasteiger partial charge in [0.2, 0.25) is 6.29 Å². The van der Waals surface area contributed by atoms with Crippen LogP contribution >= 0.6 is 0 Å². The molecule has 1 heterocycles. The lowest BCUT2D eigenvalue weighted by Crippen LogP contribution is -2.46. The van der Waals surface area contributed by atoms with Crippen molar-refractivity contribution in [3.05, 3.63) is 90.0 Å². The SMILES string of the molecule is COC1CCN(c2ccc([C]=O)cc2)C(Cc2ccccc2-c2ccccc2)C1. The molecule has 0 aliphatic carbocycles. The van der Waals surface area contributed by atoms with E-state index in [2.05, 4.69) is 59.5 Å². The van der Waals surface area contributed by atoms with E-state index in [1.807, 2.05) is 37.7 Å². The van der Waals surface area contributed by atoms with E-state index in [0.717, 1.165) is 31.5 Å². The molecule has 1 aliphatic heterocycles. The molecule has 1 saturated heterocycles. The Hall–Kier alpha value is -2.91. The number of piperidine rings is 1. The van der Waals surface area contributed by atoms with Crippen LogP contribution in [0.15, 0.2) is 78.9 Å². The molecule has 2 atom stereocenters. The second-order valence-electron chi connectivity index (χ2n) is 7.61. The summed E-state index contributed by atoms with van der Waals surface area (Å²) in [5, 5.41) is 0. The summed E-state index contributed by atoms with van der Waals surface area (Å²) < 4.78 is 5.72. The summed E-state index contributed by atoms with van der Waals surface area (Å²) >= 11 is 0. The van der Waals surface area contributed by atoms with Crippen molar-refractivity contribution in [3.8, 4) is 11.1 Å². The second kappa shape index (κ2) is 9.06. The van der Waals surface area contributed by atoms with Crippen molar-refractivity contribution in [2.45, 2.75) is 31.4 Å². The first-order chi connectivity index (χ1) is 14.3. The molecule has 3 nitrogen and oxygen atoms in total. The fourth-order valence-corrected chi connectivity index (χ4v) is 4.33. The van der Waals surface area contributed by atoms with Crippen molar-refractivity contribution in [1.82, 2.24) is 0 Å². The highest BCUT2D eigenvalue weighted by Gasteiger charge is 2.29. The van der Waals surface area contributed by atoms with Gasteiger partial charge in [-0.1, -0.05) is 54.6 Å². The second-order valence-corrected chi connectivity index (χ2v) is 7.61. The minimum atomic E-state index is 0.280. The number of benzene rings is 3. The Bertz CT molecular complexity index is 936. The van der Waals surface area contributed by atoms with Crippen molar-refractivity contribution < 1.29 is 9.53 Å². The quantitative estimate of drug-likeness (QED) is 0.596. The summed E-state index contributed by atoms with van der Waals surface area (Å²) in [5.41, 5.74) is 5.63. The van der Waals surface area contributed by atoms with Gasteiger partial charge in [0.25, 0.3) is 0 Å². The number of hydrogen-bond acceptors (Lipinski definition) is 3. The van der Waals surface area contributed by atoms with Gasteiger partial charge in [-0.05, 0) is 60.2 Å². The first-order valence-electron chi connectivity index (χ1n) is 10.2. The number of methoxy groups -OCH3 is 1. The maximum absolute atomic E-state index is 10.9. The Morgan fingerprint density at radius 3 is 2.41 bits per heavy atom. The highest BCUT2D eigenvalue weighted by molar-refractivity contribution is 5.76. The number of hydrogen-bond donors (Lipinski definition) is 0. The molecular formula is C26H26NO2. The topological polar surface area (TPSA) is 29.5 Å². The number of nitrogens with zero attached hydrogens (tertiary/aromatic N) is 1. The predicted octanol–water partition coefficient (Wildman–Crippen LogP) is 5.04. The average Bonchev–Trinajstić information content (AvgIpc) is 2.80. The van der Waals surface area contributed by atoms with Crippen LogP contribution in [0.25, 0.3) is 11.1 Å². The Balaban J connectivity index is 1.64. The van der Waals surface area contributed by atoms with Crippen LogP contribution in [0, 0.1) is 0 Å². The maximum Gasteiger partial charge on any atom is 0.233 e. The van der Waals surface area contributed by atoms with E-state index in [9.17, 15) is 4.79 Å². The fraction of sp³-hybridized carbons (Fsp3) is 0.269. The minimum Gasteiger partial charge on any atom is -0.381 e. The lowest BCUT2D eigenvalue weighted by atomic mass is 9.89. The molecule has 3 heteroatoms. The van der Waals surface area contributed by atoms with Crippen LogP contribution in [0.3, 0.4) is 0 Å². The molecule has 3 aromatic rings. The van der Waals surface area contributed by atoms with Crippen molar-refractivity contribution in [1.29, 1.82) is 0 Å². The molecular weight excluding hydrogens is 358 g/mol. The molecule has 147 valence electrons. The van der Waals surface area contributed by atoms with Crippen molar-refractivity contribution in [2.75, 3.05) is 18.6 Å². The van der Waals surface area contributed by atoms with Gasteiger partial charge in [-0.2, -0.15) is 0 Å². The van der Waals surface area contributed by atoms with E-state index < -0.39 is 0 Å². The van der Waals surface area contributed by atoms with Gasteiger partial charge in [0.1, 0.15) is 0 Å². The van der Waals surface area contributed by atoms with Crippen molar-refractivity contribution in [3.63, 3.8) is 0 Å². The zero-order valence-corrected chi connectivity index (χ0v) is 16.8. The molecule has 29 heavy (non-hydrogen) atoms. The third-order valence-corrected chi connectivity index (χ3v) is 5.88. The smallest absolute Gasteiger partial charge is 0.233 e. The third kappa shape index (κ3) is 4.41. The van der Waals surface area contributed by atoms with Crippen LogP contribution in [0.1, 0.15) is 24.0 Å². The molecule has 0 amide bonds. The zero-order valence-electron chi connectivity index (χ0n) is 16.8. The largest absolute Gasteiger partial charge is 0.381 e. The van der Waals surface area contributed by atoms with Gasteiger partial charge < -0.3 is 9.64 Å². The van der Waals surface area contributed by atoms with Gasteiger partial charge in [-0.3, -0.25) is 4.79 Å². The summed E-state index contributed by atoms with van der Waals surface area (Å²) in [5.74, 6) is 0. The van der Waals surface area contributed by atoms with E-state index in [4.69, 9.17) is 4.74 Å².